The van der Waals surface area contributed by atoms with E-state index in [2.05, 4.69) is 52.4 Å². The summed E-state index contributed by atoms with van der Waals surface area (Å²) >= 11 is 15.7. The van der Waals surface area contributed by atoms with Crippen LogP contribution in [0.3, 0.4) is 0 Å². The van der Waals surface area contributed by atoms with E-state index in [-0.39, 0.29) is 0 Å². The molecular weight excluding hydrogens is 369 g/mol. The summed E-state index contributed by atoms with van der Waals surface area (Å²) in [4.78, 5) is 0. The summed E-state index contributed by atoms with van der Waals surface area (Å²) in [7, 11) is 0. The molecule has 0 saturated heterocycles. The van der Waals surface area contributed by atoms with E-state index in [0.717, 1.165) is 34.4 Å². The van der Waals surface area contributed by atoms with E-state index >= 15 is 0 Å². The predicted molar refractivity (Wildman–Crippen MR) is 95.5 cm³/mol. The van der Waals surface area contributed by atoms with Gasteiger partial charge in [-0.2, -0.15) is 0 Å². The molecule has 0 heterocycles. The summed E-state index contributed by atoms with van der Waals surface area (Å²) in [6.07, 6.45) is 1.86. The van der Waals surface area contributed by atoms with E-state index < -0.39 is 0 Å². The molecule has 0 bridgehead atoms. The van der Waals surface area contributed by atoms with Gasteiger partial charge in [0.25, 0.3) is 0 Å². The molecule has 0 saturated carbocycles. The zero-order chi connectivity index (χ0) is 15.2. The number of benzene rings is 2. The molecule has 0 aromatic heterocycles. The largest absolute Gasteiger partial charge is 0.314 e. The minimum absolute atomic E-state index is 0.356. The van der Waals surface area contributed by atoms with Crippen LogP contribution in [0.5, 0.6) is 0 Å². The van der Waals surface area contributed by atoms with Crippen LogP contribution in [0.4, 0.5) is 0 Å². The van der Waals surface area contributed by atoms with Crippen LogP contribution in [-0.4, -0.2) is 12.6 Å². The standard InChI is InChI=1S/C17H18BrCl2N/c1-2-21-16(9-12-3-6-14(18)7-4-12)10-13-5-8-15(19)11-17(13)20/h3-8,11,16,21H,2,9-10H2,1H3. The normalized spacial score (nSPS) is 12.4. The Balaban J connectivity index is 2.09. The van der Waals surface area contributed by atoms with Crippen molar-refractivity contribution in [1.82, 2.24) is 5.32 Å². The second-order valence-electron chi connectivity index (χ2n) is 5.03. The summed E-state index contributed by atoms with van der Waals surface area (Å²) in [5.74, 6) is 0. The van der Waals surface area contributed by atoms with Gasteiger partial charge in [0, 0.05) is 20.6 Å². The summed E-state index contributed by atoms with van der Waals surface area (Å²) in [5, 5.41) is 4.95. The number of hydrogen-bond acceptors (Lipinski definition) is 1. The molecule has 4 heteroatoms. The van der Waals surface area contributed by atoms with Crippen molar-refractivity contribution in [2.45, 2.75) is 25.8 Å². The summed E-state index contributed by atoms with van der Waals surface area (Å²) < 4.78 is 1.10. The quantitative estimate of drug-likeness (QED) is 0.689. The minimum atomic E-state index is 0.356. The molecular formula is C17H18BrCl2N. The van der Waals surface area contributed by atoms with Gasteiger partial charge in [0.15, 0.2) is 0 Å². The van der Waals surface area contributed by atoms with Gasteiger partial charge in [0.2, 0.25) is 0 Å². The number of hydrogen-bond donors (Lipinski definition) is 1. The van der Waals surface area contributed by atoms with Gasteiger partial charge in [-0.25, -0.2) is 0 Å². The molecule has 112 valence electrons. The fourth-order valence-corrected chi connectivity index (χ4v) is 3.11. The highest BCUT2D eigenvalue weighted by molar-refractivity contribution is 9.10. The van der Waals surface area contributed by atoms with E-state index in [9.17, 15) is 0 Å². The van der Waals surface area contributed by atoms with Crippen LogP contribution in [0.1, 0.15) is 18.1 Å². The molecule has 0 aliphatic heterocycles. The second kappa shape index (κ2) is 8.19. The predicted octanol–water partition coefficient (Wildman–Crippen LogP) is 5.52. The topological polar surface area (TPSA) is 12.0 Å². The molecule has 0 aliphatic rings. The Labute approximate surface area is 144 Å². The van der Waals surface area contributed by atoms with Gasteiger partial charge in [0.1, 0.15) is 0 Å². The molecule has 2 rings (SSSR count). The summed E-state index contributed by atoms with van der Waals surface area (Å²) in [6, 6.07) is 14.5. The zero-order valence-electron chi connectivity index (χ0n) is 11.9. The number of halogens is 3. The Morgan fingerprint density at radius 3 is 2.38 bits per heavy atom. The average Bonchev–Trinajstić information content (AvgIpc) is 2.44. The first-order chi connectivity index (χ1) is 10.1. The van der Waals surface area contributed by atoms with Crippen LogP contribution in [-0.2, 0) is 12.8 Å². The Hall–Kier alpha value is -0.540. The van der Waals surface area contributed by atoms with Gasteiger partial charge < -0.3 is 5.32 Å². The maximum Gasteiger partial charge on any atom is 0.0453 e. The lowest BCUT2D eigenvalue weighted by molar-refractivity contribution is 0.521. The van der Waals surface area contributed by atoms with Gasteiger partial charge in [-0.1, -0.05) is 64.3 Å². The lowest BCUT2D eigenvalue weighted by atomic mass is 9.99. The first kappa shape index (κ1) is 16.8. The molecule has 0 amide bonds. The van der Waals surface area contributed by atoms with Crippen molar-refractivity contribution in [1.29, 1.82) is 0 Å². The van der Waals surface area contributed by atoms with E-state index in [4.69, 9.17) is 23.2 Å². The third kappa shape index (κ3) is 5.30. The van der Waals surface area contributed by atoms with E-state index in [1.807, 2.05) is 12.1 Å². The van der Waals surface area contributed by atoms with Crippen LogP contribution in [0.15, 0.2) is 46.9 Å². The fourth-order valence-electron chi connectivity index (χ4n) is 2.36. The van der Waals surface area contributed by atoms with Crippen LogP contribution < -0.4 is 5.32 Å². The molecule has 1 N–H and O–H groups in total. The molecule has 1 nitrogen and oxygen atoms in total. The number of rotatable bonds is 6. The molecule has 1 unspecified atom stereocenters. The third-order valence-corrected chi connectivity index (χ3v) is 4.49. The highest BCUT2D eigenvalue weighted by Crippen LogP contribution is 2.23. The smallest absolute Gasteiger partial charge is 0.0453 e. The Morgan fingerprint density at radius 2 is 1.76 bits per heavy atom. The molecule has 21 heavy (non-hydrogen) atoms. The minimum Gasteiger partial charge on any atom is -0.314 e. The SMILES string of the molecule is CCNC(Cc1ccc(Br)cc1)Cc1ccc(Cl)cc1Cl. The summed E-state index contributed by atoms with van der Waals surface area (Å²) in [5.41, 5.74) is 2.44. The van der Waals surface area contributed by atoms with Crippen LogP contribution >= 0.6 is 39.1 Å². The lowest BCUT2D eigenvalue weighted by Gasteiger charge is -2.19. The van der Waals surface area contributed by atoms with Gasteiger partial charge in [-0.15, -0.1) is 0 Å². The maximum atomic E-state index is 6.28. The van der Waals surface area contributed by atoms with Crippen LogP contribution in [0.25, 0.3) is 0 Å². The Morgan fingerprint density at radius 1 is 1.05 bits per heavy atom. The molecule has 0 radical (unpaired) electrons. The van der Waals surface area contributed by atoms with Crippen molar-refractivity contribution in [3.63, 3.8) is 0 Å². The van der Waals surface area contributed by atoms with Crippen molar-refractivity contribution in [2.75, 3.05) is 6.54 Å². The van der Waals surface area contributed by atoms with Crippen molar-refractivity contribution < 1.29 is 0 Å². The van der Waals surface area contributed by atoms with E-state index in [1.54, 1.807) is 6.07 Å². The second-order valence-corrected chi connectivity index (χ2v) is 6.78. The van der Waals surface area contributed by atoms with E-state index in [0.29, 0.717) is 11.1 Å². The Bertz CT molecular complexity index is 584. The molecule has 1 atom stereocenters. The highest BCUT2D eigenvalue weighted by Gasteiger charge is 2.12. The van der Waals surface area contributed by atoms with Gasteiger partial charge in [-0.3, -0.25) is 0 Å². The monoisotopic (exact) mass is 385 g/mol. The first-order valence-electron chi connectivity index (χ1n) is 7.00. The van der Waals surface area contributed by atoms with Crippen molar-refractivity contribution in [3.8, 4) is 0 Å². The number of likely N-dealkylation sites (N-methyl/N-ethyl adjacent to an activating group) is 1. The van der Waals surface area contributed by atoms with Gasteiger partial charge >= 0.3 is 0 Å². The highest BCUT2D eigenvalue weighted by atomic mass is 79.9. The summed E-state index contributed by atoms with van der Waals surface area (Å²) in [6.45, 7) is 3.06. The van der Waals surface area contributed by atoms with Crippen molar-refractivity contribution >= 4 is 39.1 Å². The number of nitrogens with one attached hydrogen (secondary N) is 1. The molecule has 2 aromatic carbocycles. The molecule has 0 spiro atoms. The Kier molecular flexibility index (Phi) is 6.56. The van der Waals surface area contributed by atoms with E-state index in [1.165, 1.54) is 5.56 Å². The van der Waals surface area contributed by atoms with Crippen LogP contribution in [0, 0.1) is 0 Å². The van der Waals surface area contributed by atoms with Crippen LogP contribution in [0.2, 0.25) is 10.0 Å². The average molecular weight is 387 g/mol. The van der Waals surface area contributed by atoms with Crippen molar-refractivity contribution in [2.24, 2.45) is 0 Å². The lowest BCUT2D eigenvalue weighted by Crippen LogP contribution is -2.33. The zero-order valence-corrected chi connectivity index (χ0v) is 15.0. The molecule has 0 aliphatic carbocycles. The van der Waals surface area contributed by atoms with Gasteiger partial charge in [0.05, 0.1) is 0 Å². The third-order valence-electron chi connectivity index (χ3n) is 3.37. The molecule has 0 fully saturated rings. The first-order valence-corrected chi connectivity index (χ1v) is 8.55. The van der Waals surface area contributed by atoms with Gasteiger partial charge in [-0.05, 0) is 54.8 Å². The molecule has 2 aromatic rings. The fraction of sp³-hybridized carbons (Fsp3) is 0.294. The maximum absolute atomic E-state index is 6.28. The van der Waals surface area contributed by atoms with Crippen molar-refractivity contribution in [3.05, 3.63) is 68.1 Å².